The van der Waals surface area contributed by atoms with Gasteiger partial charge in [0.1, 0.15) is 0 Å². The molecule has 0 spiro atoms. The van der Waals surface area contributed by atoms with Crippen LogP contribution in [0.4, 0.5) is 4.79 Å². The molecule has 0 aliphatic rings. The maximum absolute atomic E-state index is 10.5. The van der Waals surface area contributed by atoms with Crippen LogP contribution in [0.25, 0.3) is 0 Å². The van der Waals surface area contributed by atoms with Crippen molar-refractivity contribution in [2.75, 3.05) is 0 Å². The van der Waals surface area contributed by atoms with Crippen LogP contribution < -0.4 is 10.9 Å². The van der Waals surface area contributed by atoms with Crippen molar-refractivity contribution in [2.45, 2.75) is 19.8 Å². The Hall–Kier alpha value is -1.26. The molecular weight excluding hydrogens is 136 g/mol. The van der Waals surface area contributed by atoms with E-state index in [-0.39, 0.29) is 5.91 Å². The molecule has 0 unspecified atom stereocenters. The first-order valence-electron chi connectivity index (χ1n) is 2.94. The summed E-state index contributed by atoms with van der Waals surface area (Å²) in [6, 6.07) is 0. The monoisotopic (exact) mass is 146 g/mol. The minimum Gasteiger partial charge on any atom is -0.464 e. The van der Waals surface area contributed by atoms with Gasteiger partial charge in [0.05, 0.1) is 0 Å². The van der Waals surface area contributed by atoms with Gasteiger partial charge >= 0.3 is 6.09 Å². The molecule has 0 aliphatic heterocycles. The van der Waals surface area contributed by atoms with Gasteiger partial charge in [-0.25, -0.2) is 10.2 Å². The average molecular weight is 146 g/mol. The van der Waals surface area contributed by atoms with E-state index in [0.29, 0.717) is 12.8 Å². The lowest BCUT2D eigenvalue weighted by molar-refractivity contribution is -0.121. The van der Waals surface area contributed by atoms with E-state index in [4.69, 9.17) is 5.11 Å². The third kappa shape index (κ3) is 4.89. The van der Waals surface area contributed by atoms with E-state index in [1.165, 1.54) is 0 Å². The third-order valence-electron chi connectivity index (χ3n) is 0.786. The maximum Gasteiger partial charge on any atom is 0.423 e. The van der Waals surface area contributed by atoms with Crippen molar-refractivity contribution in [1.29, 1.82) is 0 Å². The van der Waals surface area contributed by atoms with Crippen LogP contribution in [-0.2, 0) is 4.79 Å². The number of rotatable bonds is 2. The summed E-state index contributed by atoms with van der Waals surface area (Å²) in [5.41, 5.74) is 3.74. The van der Waals surface area contributed by atoms with Crippen molar-refractivity contribution < 1.29 is 14.7 Å². The maximum atomic E-state index is 10.5. The molecule has 0 atom stereocenters. The average Bonchev–Trinajstić information content (AvgIpc) is 1.85. The minimum atomic E-state index is -1.26. The zero-order valence-corrected chi connectivity index (χ0v) is 5.68. The fourth-order valence-electron chi connectivity index (χ4n) is 0.413. The summed E-state index contributed by atoms with van der Waals surface area (Å²) in [4.78, 5) is 20.3. The van der Waals surface area contributed by atoms with E-state index in [9.17, 15) is 9.59 Å². The first-order valence-corrected chi connectivity index (χ1v) is 2.94. The molecule has 0 rings (SSSR count). The highest BCUT2D eigenvalue weighted by molar-refractivity contribution is 5.78. The summed E-state index contributed by atoms with van der Waals surface area (Å²) >= 11 is 0. The molecule has 0 aliphatic carbocycles. The number of carbonyl (C=O) groups is 2. The summed E-state index contributed by atoms with van der Waals surface area (Å²) in [6.45, 7) is 1.83. The number of hydrogen-bond acceptors (Lipinski definition) is 2. The van der Waals surface area contributed by atoms with Crippen LogP contribution in [0, 0.1) is 0 Å². The van der Waals surface area contributed by atoms with Crippen LogP contribution in [0.5, 0.6) is 0 Å². The van der Waals surface area contributed by atoms with Gasteiger partial charge < -0.3 is 5.11 Å². The number of hydrazine groups is 1. The Morgan fingerprint density at radius 2 is 2.00 bits per heavy atom. The van der Waals surface area contributed by atoms with Crippen LogP contribution in [0.1, 0.15) is 19.8 Å². The lowest BCUT2D eigenvalue weighted by Gasteiger charge is -2.00. The Morgan fingerprint density at radius 1 is 1.40 bits per heavy atom. The highest BCUT2D eigenvalue weighted by Gasteiger charge is 1.98. The highest BCUT2D eigenvalue weighted by Crippen LogP contribution is 1.82. The number of amides is 2. The van der Waals surface area contributed by atoms with Gasteiger partial charge in [-0.05, 0) is 6.42 Å². The van der Waals surface area contributed by atoms with Crippen LogP contribution in [0.2, 0.25) is 0 Å². The number of hydrogen-bond donors (Lipinski definition) is 3. The Kier molecular flexibility index (Phi) is 4.02. The molecule has 0 bridgehead atoms. The van der Waals surface area contributed by atoms with Crippen molar-refractivity contribution in [3.8, 4) is 0 Å². The van der Waals surface area contributed by atoms with Crippen LogP contribution in [0.15, 0.2) is 0 Å². The van der Waals surface area contributed by atoms with Gasteiger partial charge in [-0.3, -0.25) is 10.2 Å². The van der Waals surface area contributed by atoms with Crippen molar-refractivity contribution >= 4 is 12.0 Å². The Labute approximate surface area is 58.4 Å². The predicted molar refractivity (Wildman–Crippen MR) is 34.2 cm³/mol. The molecule has 5 heteroatoms. The Morgan fingerprint density at radius 3 is 2.40 bits per heavy atom. The van der Waals surface area contributed by atoms with E-state index in [0.717, 1.165) is 0 Å². The second kappa shape index (κ2) is 4.60. The number of nitrogens with one attached hydrogen (secondary N) is 2. The zero-order chi connectivity index (χ0) is 7.98. The van der Waals surface area contributed by atoms with E-state index >= 15 is 0 Å². The van der Waals surface area contributed by atoms with Crippen molar-refractivity contribution in [2.24, 2.45) is 0 Å². The first kappa shape index (κ1) is 8.74. The van der Waals surface area contributed by atoms with E-state index in [1.807, 2.05) is 12.3 Å². The van der Waals surface area contributed by atoms with Crippen molar-refractivity contribution in [3.63, 3.8) is 0 Å². The van der Waals surface area contributed by atoms with Crippen molar-refractivity contribution in [1.82, 2.24) is 10.9 Å². The van der Waals surface area contributed by atoms with E-state index < -0.39 is 6.09 Å². The zero-order valence-electron chi connectivity index (χ0n) is 5.68. The largest absolute Gasteiger partial charge is 0.464 e. The fourth-order valence-corrected chi connectivity index (χ4v) is 0.413. The SMILES string of the molecule is CCCC(=O)NNC(=O)O. The number of carboxylic acid groups (broad SMARTS) is 1. The molecule has 0 aromatic rings. The molecule has 0 fully saturated rings. The minimum absolute atomic E-state index is 0.315. The van der Waals surface area contributed by atoms with Crippen LogP contribution >= 0.6 is 0 Å². The molecular formula is C5H10N2O3. The van der Waals surface area contributed by atoms with E-state index in [1.54, 1.807) is 5.43 Å². The molecule has 0 saturated carbocycles. The molecule has 58 valence electrons. The quantitative estimate of drug-likeness (QED) is 0.483. The third-order valence-corrected chi connectivity index (χ3v) is 0.786. The normalized spacial score (nSPS) is 8.50. The van der Waals surface area contributed by atoms with Gasteiger partial charge in [-0.1, -0.05) is 6.92 Å². The van der Waals surface area contributed by atoms with Crippen LogP contribution in [-0.4, -0.2) is 17.1 Å². The summed E-state index contributed by atoms with van der Waals surface area (Å²) in [5, 5.41) is 8.00. The second-order valence-corrected chi connectivity index (χ2v) is 1.73. The van der Waals surface area contributed by atoms with Gasteiger partial charge in [-0.15, -0.1) is 0 Å². The summed E-state index contributed by atoms with van der Waals surface area (Å²) < 4.78 is 0. The molecule has 0 aromatic heterocycles. The predicted octanol–water partition coefficient (Wildman–Crippen LogP) is 0.0853. The van der Waals surface area contributed by atoms with E-state index in [2.05, 4.69) is 0 Å². The molecule has 0 radical (unpaired) electrons. The standard InChI is InChI=1S/C5H10N2O3/c1-2-3-4(8)6-7-5(9)10/h7H,2-3H2,1H3,(H,6,8)(H,9,10). The molecule has 0 aromatic carbocycles. The molecule has 5 nitrogen and oxygen atoms in total. The Bertz CT molecular complexity index is 135. The highest BCUT2D eigenvalue weighted by atomic mass is 16.4. The summed E-state index contributed by atoms with van der Waals surface area (Å²) in [7, 11) is 0. The summed E-state index contributed by atoms with van der Waals surface area (Å²) in [5.74, 6) is -0.315. The molecule has 0 heterocycles. The number of carbonyl (C=O) groups excluding carboxylic acids is 1. The summed E-state index contributed by atoms with van der Waals surface area (Å²) in [6.07, 6.45) is -0.225. The van der Waals surface area contributed by atoms with Crippen molar-refractivity contribution in [3.05, 3.63) is 0 Å². The lowest BCUT2D eigenvalue weighted by atomic mass is 10.3. The second-order valence-electron chi connectivity index (χ2n) is 1.73. The topological polar surface area (TPSA) is 78.4 Å². The first-order chi connectivity index (χ1) is 4.66. The fraction of sp³-hybridized carbons (Fsp3) is 0.600. The van der Waals surface area contributed by atoms with Gasteiger partial charge in [-0.2, -0.15) is 0 Å². The van der Waals surface area contributed by atoms with Crippen LogP contribution in [0.3, 0.4) is 0 Å². The smallest absolute Gasteiger partial charge is 0.423 e. The van der Waals surface area contributed by atoms with Gasteiger partial charge in [0.15, 0.2) is 0 Å². The molecule has 3 N–H and O–H groups in total. The molecule has 2 amide bonds. The molecule has 10 heavy (non-hydrogen) atoms. The van der Waals surface area contributed by atoms with Gasteiger partial charge in [0.2, 0.25) is 5.91 Å². The lowest BCUT2D eigenvalue weighted by Crippen LogP contribution is -2.40. The Balaban J connectivity index is 3.30. The van der Waals surface area contributed by atoms with Gasteiger partial charge in [0, 0.05) is 6.42 Å². The molecule has 0 saturated heterocycles. The van der Waals surface area contributed by atoms with Gasteiger partial charge in [0.25, 0.3) is 0 Å².